The van der Waals surface area contributed by atoms with Crippen molar-refractivity contribution < 1.29 is 8.42 Å². The maximum absolute atomic E-state index is 11.6. The molecule has 1 fully saturated rings. The molecule has 1 aliphatic rings. The minimum absolute atomic E-state index is 0.133. The Bertz CT molecular complexity index is 248. The van der Waals surface area contributed by atoms with Gasteiger partial charge in [-0.25, -0.2) is 4.72 Å². The molecular weight excluding hydrogens is 190 g/mol. The molecular formula is C7H17N3O2S. The normalized spacial score (nSPS) is 19.0. The van der Waals surface area contributed by atoms with Crippen molar-refractivity contribution in [3.63, 3.8) is 0 Å². The number of nitrogens with one attached hydrogen (secondary N) is 2. The van der Waals surface area contributed by atoms with Crippen LogP contribution in [0.25, 0.3) is 0 Å². The van der Waals surface area contributed by atoms with E-state index in [2.05, 4.69) is 10.0 Å². The van der Waals surface area contributed by atoms with E-state index in [9.17, 15) is 8.42 Å². The first-order chi connectivity index (χ1) is 6.11. The van der Waals surface area contributed by atoms with E-state index in [1.54, 1.807) is 6.92 Å². The highest BCUT2D eigenvalue weighted by Gasteiger charge is 2.31. The molecule has 78 valence electrons. The third-order valence-electron chi connectivity index (χ3n) is 2.11. The van der Waals surface area contributed by atoms with E-state index in [0.29, 0.717) is 13.1 Å². The zero-order valence-electron chi connectivity index (χ0n) is 8.08. The first-order valence-corrected chi connectivity index (χ1v) is 6.03. The SMILES string of the molecule is CCNS(=O)(=O)N(CC)C1CNC1. The van der Waals surface area contributed by atoms with Gasteiger partial charge in [0.1, 0.15) is 0 Å². The number of hydrogen-bond donors (Lipinski definition) is 2. The maximum Gasteiger partial charge on any atom is 0.279 e. The lowest BCUT2D eigenvalue weighted by Gasteiger charge is -2.36. The lowest BCUT2D eigenvalue weighted by atomic mass is 10.2. The lowest BCUT2D eigenvalue weighted by molar-refractivity contribution is 0.247. The van der Waals surface area contributed by atoms with E-state index in [4.69, 9.17) is 0 Å². The Kier molecular flexibility index (Phi) is 3.66. The third-order valence-corrected chi connectivity index (χ3v) is 3.94. The molecule has 6 heteroatoms. The zero-order valence-corrected chi connectivity index (χ0v) is 8.89. The second-order valence-electron chi connectivity index (χ2n) is 3.02. The van der Waals surface area contributed by atoms with Crippen LogP contribution in [0.2, 0.25) is 0 Å². The Morgan fingerprint density at radius 3 is 2.38 bits per heavy atom. The van der Waals surface area contributed by atoms with Gasteiger partial charge in [-0.3, -0.25) is 0 Å². The fraction of sp³-hybridized carbons (Fsp3) is 1.00. The van der Waals surface area contributed by atoms with Gasteiger partial charge in [-0.2, -0.15) is 12.7 Å². The van der Waals surface area contributed by atoms with Gasteiger partial charge in [0.05, 0.1) is 6.04 Å². The van der Waals surface area contributed by atoms with E-state index >= 15 is 0 Å². The van der Waals surface area contributed by atoms with Crippen LogP contribution < -0.4 is 10.0 Å². The topological polar surface area (TPSA) is 61.4 Å². The van der Waals surface area contributed by atoms with Crippen molar-refractivity contribution in [2.24, 2.45) is 0 Å². The molecule has 5 nitrogen and oxygen atoms in total. The van der Waals surface area contributed by atoms with Crippen molar-refractivity contribution in [1.29, 1.82) is 0 Å². The summed E-state index contributed by atoms with van der Waals surface area (Å²) in [5, 5.41) is 3.06. The molecule has 0 amide bonds. The van der Waals surface area contributed by atoms with Crippen LogP contribution in [0.3, 0.4) is 0 Å². The highest BCUT2D eigenvalue weighted by molar-refractivity contribution is 7.87. The minimum atomic E-state index is -3.24. The maximum atomic E-state index is 11.6. The summed E-state index contributed by atoms with van der Waals surface area (Å²) >= 11 is 0. The van der Waals surface area contributed by atoms with Gasteiger partial charge in [-0.15, -0.1) is 0 Å². The van der Waals surface area contributed by atoms with Gasteiger partial charge in [0.15, 0.2) is 0 Å². The van der Waals surface area contributed by atoms with Crippen LogP contribution in [0.4, 0.5) is 0 Å². The molecule has 0 atom stereocenters. The summed E-state index contributed by atoms with van der Waals surface area (Å²) in [6.45, 7) is 6.13. The number of nitrogens with zero attached hydrogens (tertiary/aromatic N) is 1. The molecule has 1 aliphatic heterocycles. The van der Waals surface area contributed by atoms with Gasteiger partial charge in [-0.05, 0) is 0 Å². The van der Waals surface area contributed by atoms with Crippen LogP contribution in [0.15, 0.2) is 0 Å². The van der Waals surface area contributed by atoms with E-state index in [0.717, 1.165) is 13.1 Å². The Balaban J connectivity index is 2.63. The summed E-state index contributed by atoms with van der Waals surface area (Å²) in [6.07, 6.45) is 0. The fourth-order valence-electron chi connectivity index (χ4n) is 1.37. The minimum Gasteiger partial charge on any atom is -0.313 e. The highest BCUT2D eigenvalue weighted by atomic mass is 32.2. The second kappa shape index (κ2) is 4.36. The predicted molar refractivity (Wildman–Crippen MR) is 51.6 cm³/mol. The fourth-order valence-corrected chi connectivity index (χ4v) is 2.78. The summed E-state index contributed by atoms with van der Waals surface area (Å²) in [7, 11) is -3.24. The number of rotatable bonds is 5. The van der Waals surface area contributed by atoms with Gasteiger partial charge >= 0.3 is 0 Å². The average Bonchev–Trinajstić information content (AvgIpc) is 1.95. The molecule has 1 rings (SSSR count). The monoisotopic (exact) mass is 207 g/mol. The van der Waals surface area contributed by atoms with Gasteiger partial charge in [0.2, 0.25) is 0 Å². The number of hydrogen-bond acceptors (Lipinski definition) is 3. The number of likely N-dealkylation sites (N-methyl/N-ethyl adjacent to an activating group) is 1. The second-order valence-corrected chi connectivity index (χ2v) is 4.73. The summed E-state index contributed by atoms with van der Waals surface area (Å²) in [5.41, 5.74) is 0. The van der Waals surface area contributed by atoms with Gasteiger partial charge < -0.3 is 5.32 Å². The smallest absolute Gasteiger partial charge is 0.279 e. The zero-order chi connectivity index (χ0) is 9.90. The van der Waals surface area contributed by atoms with E-state index in [1.165, 1.54) is 4.31 Å². The molecule has 2 N–H and O–H groups in total. The van der Waals surface area contributed by atoms with Crippen molar-refractivity contribution in [2.75, 3.05) is 26.2 Å². The molecule has 1 saturated heterocycles. The molecule has 1 heterocycles. The predicted octanol–water partition coefficient (Wildman–Crippen LogP) is -0.866. The van der Waals surface area contributed by atoms with Gasteiger partial charge in [0.25, 0.3) is 10.2 Å². The molecule has 0 aromatic rings. The van der Waals surface area contributed by atoms with Crippen molar-refractivity contribution in [2.45, 2.75) is 19.9 Å². The first kappa shape index (κ1) is 10.9. The van der Waals surface area contributed by atoms with Crippen LogP contribution in [0.5, 0.6) is 0 Å². The van der Waals surface area contributed by atoms with E-state index in [1.807, 2.05) is 6.92 Å². The Labute approximate surface area is 79.7 Å². The van der Waals surface area contributed by atoms with E-state index < -0.39 is 10.2 Å². The van der Waals surface area contributed by atoms with E-state index in [-0.39, 0.29) is 6.04 Å². The lowest BCUT2D eigenvalue weighted by Crippen LogP contribution is -2.60. The largest absolute Gasteiger partial charge is 0.313 e. The highest BCUT2D eigenvalue weighted by Crippen LogP contribution is 2.08. The summed E-state index contributed by atoms with van der Waals surface area (Å²) in [6, 6.07) is 0.133. The van der Waals surface area contributed by atoms with Crippen LogP contribution in [-0.2, 0) is 10.2 Å². The molecule has 0 aliphatic carbocycles. The quantitative estimate of drug-likeness (QED) is 0.616. The third kappa shape index (κ3) is 2.40. The van der Waals surface area contributed by atoms with Crippen LogP contribution in [0, 0.1) is 0 Å². The molecule has 0 spiro atoms. The Morgan fingerprint density at radius 1 is 1.46 bits per heavy atom. The summed E-state index contributed by atoms with van der Waals surface area (Å²) in [4.78, 5) is 0. The Hall–Kier alpha value is -0.170. The van der Waals surface area contributed by atoms with Crippen molar-refractivity contribution in [3.8, 4) is 0 Å². The summed E-state index contributed by atoms with van der Waals surface area (Å²) < 4.78 is 27.2. The van der Waals surface area contributed by atoms with Gasteiger partial charge in [-0.1, -0.05) is 13.8 Å². The van der Waals surface area contributed by atoms with Crippen molar-refractivity contribution in [3.05, 3.63) is 0 Å². The average molecular weight is 207 g/mol. The van der Waals surface area contributed by atoms with Gasteiger partial charge in [0, 0.05) is 26.2 Å². The van der Waals surface area contributed by atoms with Crippen LogP contribution in [-0.4, -0.2) is 44.9 Å². The van der Waals surface area contributed by atoms with Crippen LogP contribution >= 0.6 is 0 Å². The standard InChI is InChI=1S/C7H17N3O2S/c1-3-9-13(11,12)10(4-2)7-5-8-6-7/h7-9H,3-6H2,1-2H3. The van der Waals surface area contributed by atoms with Crippen LogP contribution in [0.1, 0.15) is 13.8 Å². The van der Waals surface area contributed by atoms with Crippen molar-refractivity contribution in [1.82, 2.24) is 14.3 Å². The molecule has 0 bridgehead atoms. The molecule has 0 radical (unpaired) electrons. The summed E-state index contributed by atoms with van der Waals surface area (Å²) in [5.74, 6) is 0. The molecule has 0 saturated carbocycles. The Morgan fingerprint density at radius 2 is 2.08 bits per heavy atom. The molecule has 0 aromatic carbocycles. The first-order valence-electron chi connectivity index (χ1n) is 4.59. The van der Waals surface area contributed by atoms with Crippen molar-refractivity contribution >= 4 is 10.2 Å². The molecule has 13 heavy (non-hydrogen) atoms. The molecule has 0 unspecified atom stereocenters. The molecule has 0 aromatic heterocycles.